The standard InChI is InChI=1S/C19H21N3O6/c1-12-5-13(2)7-15(6-12)28-11-19(23)21-20-10-14-8-17(26-3)18(27-4)9-16(14)22(24)25/h5-10H,11H2,1-4H3,(H,21,23). The number of methoxy groups -OCH3 is 2. The summed E-state index contributed by atoms with van der Waals surface area (Å²) in [6.45, 7) is 3.62. The summed E-state index contributed by atoms with van der Waals surface area (Å²) < 4.78 is 15.6. The molecule has 2 aromatic carbocycles. The Morgan fingerprint density at radius 3 is 2.29 bits per heavy atom. The summed E-state index contributed by atoms with van der Waals surface area (Å²) in [4.78, 5) is 22.6. The van der Waals surface area contributed by atoms with Gasteiger partial charge < -0.3 is 14.2 Å². The molecule has 0 aliphatic carbocycles. The molecule has 0 atom stereocenters. The molecule has 0 bridgehead atoms. The van der Waals surface area contributed by atoms with E-state index < -0.39 is 10.8 Å². The third-order valence-corrected chi connectivity index (χ3v) is 3.69. The molecule has 0 fully saturated rings. The van der Waals surface area contributed by atoms with E-state index in [-0.39, 0.29) is 23.6 Å². The molecule has 0 spiro atoms. The molecule has 0 unspecified atom stereocenters. The summed E-state index contributed by atoms with van der Waals surface area (Å²) in [5.41, 5.74) is 4.24. The molecule has 9 heteroatoms. The van der Waals surface area contributed by atoms with E-state index >= 15 is 0 Å². The molecule has 0 aliphatic rings. The van der Waals surface area contributed by atoms with E-state index in [1.807, 2.05) is 32.0 Å². The van der Waals surface area contributed by atoms with Crippen molar-refractivity contribution in [2.45, 2.75) is 13.8 Å². The number of benzene rings is 2. The van der Waals surface area contributed by atoms with Gasteiger partial charge in [-0.3, -0.25) is 14.9 Å². The van der Waals surface area contributed by atoms with Gasteiger partial charge in [-0.05, 0) is 43.2 Å². The van der Waals surface area contributed by atoms with Crippen LogP contribution in [0.15, 0.2) is 35.4 Å². The van der Waals surface area contributed by atoms with Crippen LogP contribution in [0, 0.1) is 24.0 Å². The first-order valence-electron chi connectivity index (χ1n) is 8.27. The van der Waals surface area contributed by atoms with Crippen molar-refractivity contribution in [3.8, 4) is 17.2 Å². The summed E-state index contributed by atoms with van der Waals surface area (Å²) >= 11 is 0. The van der Waals surface area contributed by atoms with Gasteiger partial charge in [0, 0.05) is 0 Å². The minimum Gasteiger partial charge on any atom is -0.493 e. The van der Waals surface area contributed by atoms with Crippen LogP contribution in [0.1, 0.15) is 16.7 Å². The highest BCUT2D eigenvalue weighted by Crippen LogP contribution is 2.33. The molecule has 0 heterocycles. The van der Waals surface area contributed by atoms with E-state index in [2.05, 4.69) is 10.5 Å². The van der Waals surface area contributed by atoms with Crippen molar-refractivity contribution in [2.24, 2.45) is 5.10 Å². The maximum absolute atomic E-state index is 11.9. The van der Waals surface area contributed by atoms with Crippen LogP contribution in [0.25, 0.3) is 0 Å². The Labute approximate surface area is 162 Å². The molecular weight excluding hydrogens is 366 g/mol. The summed E-state index contributed by atoms with van der Waals surface area (Å²) in [5, 5.41) is 15.0. The summed E-state index contributed by atoms with van der Waals surface area (Å²) in [6, 6.07) is 8.25. The van der Waals surface area contributed by atoms with E-state index in [4.69, 9.17) is 14.2 Å². The second-order valence-corrected chi connectivity index (χ2v) is 5.93. The number of carbonyl (C=O) groups excluding carboxylic acids is 1. The van der Waals surface area contributed by atoms with Crippen LogP contribution in [0.2, 0.25) is 0 Å². The van der Waals surface area contributed by atoms with Gasteiger partial charge in [-0.1, -0.05) is 6.07 Å². The van der Waals surface area contributed by atoms with Crippen molar-refractivity contribution in [3.63, 3.8) is 0 Å². The Morgan fingerprint density at radius 1 is 1.11 bits per heavy atom. The summed E-state index contributed by atoms with van der Waals surface area (Å²) in [6.07, 6.45) is 1.16. The lowest BCUT2D eigenvalue weighted by atomic mass is 10.1. The molecule has 0 radical (unpaired) electrons. The fourth-order valence-corrected chi connectivity index (χ4v) is 2.52. The predicted octanol–water partition coefficient (Wildman–Crippen LogP) is 2.76. The van der Waals surface area contributed by atoms with Crippen LogP contribution in [0.5, 0.6) is 17.2 Å². The number of ether oxygens (including phenoxy) is 3. The molecular formula is C19H21N3O6. The number of hydrogen-bond acceptors (Lipinski definition) is 7. The Balaban J connectivity index is 2.05. The SMILES string of the molecule is COc1cc(C=NNC(=O)COc2cc(C)cc(C)c2)c([N+](=O)[O-])cc1OC. The fourth-order valence-electron chi connectivity index (χ4n) is 2.52. The van der Waals surface area contributed by atoms with Gasteiger partial charge in [0.1, 0.15) is 5.75 Å². The van der Waals surface area contributed by atoms with Gasteiger partial charge in [0.15, 0.2) is 18.1 Å². The van der Waals surface area contributed by atoms with Crippen LogP contribution in [0.3, 0.4) is 0 Å². The molecule has 148 valence electrons. The van der Waals surface area contributed by atoms with Crippen molar-refractivity contribution in [3.05, 3.63) is 57.1 Å². The summed E-state index contributed by atoms with van der Waals surface area (Å²) in [5.74, 6) is 0.599. The van der Waals surface area contributed by atoms with Gasteiger partial charge in [0.05, 0.1) is 37.0 Å². The molecule has 2 aromatic rings. The molecule has 0 saturated carbocycles. The molecule has 1 amide bonds. The van der Waals surface area contributed by atoms with Crippen molar-refractivity contribution in [1.29, 1.82) is 0 Å². The predicted molar refractivity (Wildman–Crippen MR) is 103 cm³/mol. The maximum Gasteiger partial charge on any atom is 0.282 e. The number of nitrogens with one attached hydrogen (secondary N) is 1. The lowest BCUT2D eigenvalue weighted by Crippen LogP contribution is -2.24. The number of amides is 1. The average molecular weight is 387 g/mol. The highest BCUT2D eigenvalue weighted by molar-refractivity contribution is 5.88. The highest BCUT2D eigenvalue weighted by atomic mass is 16.6. The second-order valence-electron chi connectivity index (χ2n) is 5.93. The van der Waals surface area contributed by atoms with E-state index in [0.717, 1.165) is 17.3 Å². The van der Waals surface area contributed by atoms with Crippen LogP contribution >= 0.6 is 0 Å². The van der Waals surface area contributed by atoms with Crippen LogP contribution in [-0.4, -0.2) is 37.9 Å². The number of rotatable bonds is 8. The fraction of sp³-hybridized carbons (Fsp3) is 0.263. The number of hydrazone groups is 1. The van der Waals surface area contributed by atoms with E-state index in [1.165, 1.54) is 26.4 Å². The molecule has 9 nitrogen and oxygen atoms in total. The highest BCUT2D eigenvalue weighted by Gasteiger charge is 2.18. The van der Waals surface area contributed by atoms with Gasteiger partial charge in [-0.15, -0.1) is 0 Å². The number of nitro benzene ring substituents is 1. The Morgan fingerprint density at radius 2 is 1.71 bits per heavy atom. The number of aryl methyl sites for hydroxylation is 2. The van der Waals surface area contributed by atoms with Gasteiger partial charge in [-0.25, -0.2) is 5.43 Å². The number of nitro groups is 1. The zero-order valence-electron chi connectivity index (χ0n) is 16.0. The van der Waals surface area contributed by atoms with Crippen molar-refractivity contribution < 1.29 is 23.9 Å². The zero-order valence-corrected chi connectivity index (χ0v) is 16.0. The topological polar surface area (TPSA) is 112 Å². The molecule has 1 N–H and O–H groups in total. The monoisotopic (exact) mass is 387 g/mol. The Kier molecular flexibility index (Phi) is 6.91. The van der Waals surface area contributed by atoms with E-state index in [0.29, 0.717) is 11.5 Å². The van der Waals surface area contributed by atoms with Crippen molar-refractivity contribution >= 4 is 17.8 Å². The zero-order chi connectivity index (χ0) is 20.7. The average Bonchev–Trinajstić information content (AvgIpc) is 2.65. The summed E-state index contributed by atoms with van der Waals surface area (Å²) in [7, 11) is 2.79. The molecule has 0 aliphatic heterocycles. The minimum atomic E-state index is -0.575. The number of nitrogens with zero attached hydrogens (tertiary/aromatic N) is 2. The van der Waals surface area contributed by atoms with Gasteiger partial charge in [0.25, 0.3) is 11.6 Å². The third-order valence-electron chi connectivity index (χ3n) is 3.69. The molecule has 0 aromatic heterocycles. The lowest BCUT2D eigenvalue weighted by Gasteiger charge is -2.09. The first kappa shape index (κ1) is 20.7. The van der Waals surface area contributed by atoms with Crippen molar-refractivity contribution in [1.82, 2.24) is 5.43 Å². The second kappa shape index (κ2) is 9.36. The largest absolute Gasteiger partial charge is 0.493 e. The Hall–Kier alpha value is -3.62. The number of hydrogen-bond donors (Lipinski definition) is 1. The number of carbonyl (C=O) groups is 1. The maximum atomic E-state index is 11.9. The first-order valence-corrected chi connectivity index (χ1v) is 8.27. The van der Waals surface area contributed by atoms with Crippen molar-refractivity contribution in [2.75, 3.05) is 20.8 Å². The molecule has 0 saturated heterocycles. The van der Waals surface area contributed by atoms with E-state index in [9.17, 15) is 14.9 Å². The van der Waals surface area contributed by atoms with Crippen LogP contribution in [-0.2, 0) is 4.79 Å². The van der Waals surface area contributed by atoms with E-state index in [1.54, 1.807) is 0 Å². The Bertz CT molecular complexity index is 891. The molecule has 2 rings (SSSR count). The third kappa shape index (κ3) is 5.44. The molecule has 28 heavy (non-hydrogen) atoms. The lowest BCUT2D eigenvalue weighted by molar-refractivity contribution is -0.385. The minimum absolute atomic E-state index is 0.151. The van der Waals surface area contributed by atoms with Crippen LogP contribution in [0.4, 0.5) is 5.69 Å². The van der Waals surface area contributed by atoms with Crippen LogP contribution < -0.4 is 19.6 Å². The van der Waals surface area contributed by atoms with Gasteiger partial charge in [-0.2, -0.15) is 5.10 Å². The van der Waals surface area contributed by atoms with Gasteiger partial charge in [0.2, 0.25) is 0 Å². The quantitative estimate of drug-likeness (QED) is 0.423. The van der Waals surface area contributed by atoms with Gasteiger partial charge >= 0.3 is 0 Å². The smallest absolute Gasteiger partial charge is 0.282 e. The first-order chi connectivity index (χ1) is 13.3. The normalized spacial score (nSPS) is 10.6.